The summed E-state index contributed by atoms with van der Waals surface area (Å²) in [5.74, 6) is 9.92. The molecule has 1 aliphatic carbocycles. The third kappa shape index (κ3) is 5.70. The van der Waals surface area contributed by atoms with Gasteiger partial charge in [-0.2, -0.15) is 0 Å². The van der Waals surface area contributed by atoms with Crippen molar-refractivity contribution in [2.45, 2.75) is 37.5 Å². The Bertz CT molecular complexity index is 1290. The second kappa shape index (κ2) is 9.19. The number of hydrogen-bond acceptors (Lipinski definition) is 7. The summed E-state index contributed by atoms with van der Waals surface area (Å²) in [6.45, 7) is 1.18. The molecule has 1 unspecified atom stereocenters. The highest BCUT2D eigenvalue weighted by Gasteiger charge is 2.45. The summed E-state index contributed by atoms with van der Waals surface area (Å²) in [7, 11) is -8.42. The van der Waals surface area contributed by atoms with E-state index in [1.807, 2.05) is 0 Å². The molecule has 34 heavy (non-hydrogen) atoms. The van der Waals surface area contributed by atoms with E-state index in [0.29, 0.717) is 24.1 Å². The highest BCUT2D eigenvalue weighted by atomic mass is 32.2. The summed E-state index contributed by atoms with van der Waals surface area (Å²) >= 11 is 0. The topological polar surface area (TPSA) is 175 Å². The van der Waals surface area contributed by atoms with E-state index < -0.39 is 39.8 Å². The van der Waals surface area contributed by atoms with Gasteiger partial charge < -0.3 is 14.7 Å². The molecule has 14 heteroatoms. The molecule has 1 fully saturated rings. The molecule has 1 aromatic heterocycles. The lowest BCUT2D eigenvalue weighted by atomic mass is 10.1. The van der Waals surface area contributed by atoms with E-state index in [4.69, 9.17) is 15.0 Å². The van der Waals surface area contributed by atoms with Crippen LogP contribution in [0.5, 0.6) is 0 Å². The number of aromatic nitrogens is 1. The van der Waals surface area contributed by atoms with Crippen LogP contribution < -0.4 is 5.48 Å². The molecule has 2 amide bonds. The first-order chi connectivity index (χ1) is 15.7. The Labute approximate surface area is 196 Å². The van der Waals surface area contributed by atoms with E-state index >= 15 is 0 Å². The van der Waals surface area contributed by atoms with E-state index in [2.05, 4.69) is 28.2 Å². The third-order valence-electron chi connectivity index (χ3n) is 5.95. The molecule has 3 rings (SSSR count). The van der Waals surface area contributed by atoms with Crippen molar-refractivity contribution in [3.8, 4) is 23.7 Å². The summed E-state index contributed by atoms with van der Waals surface area (Å²) in [4.78, 5) is 43.6. The summed E-state index contributed by atoms with van der Waals surface area (Å²) in [5, 5.41) is 8.90. The number of nitrogens with one attached hydrogen (secondary N) is 1. The molecule has 0 bridgehead atoms. The molecule has 0 saturated heterocycles. The van der Waals surface area contributed by atoms with Gasteiger partial charge >= 0.3 is 13.9 Å². The van der Waals surface area contributed by atoms with Crippen LogP contribution in [0.2, 0.25) is 0 Å². The molecular formula is C20H24N3O9PS. The van der Waals surface area contributed by atoms with Gasteiger partial charge in [0.2, 0.25) is 0 Å². The zero-order chi connectivity index (χ0) is 25.4. The van der Waals surface area contributed by atoms with Gasteiger partial charge in [-0.1, -0.05) is 11.8 Å². The largest absolute Gasteiger partial charge is 0.469 e. The number of nitrogens with zero attached hydrogens (tertiary/aromatic N) is 2. The average molecular weight is 513 g/mol. The lowest BCUT2D eigenvalue weighted by Crippen LogP contribution is -2.50. The number of carbonyl (C=O) groups is 2. The van der Waals surface area contributed by atoms with Gasteiger partial charge in [0, 0.05) is 30.3 Å². The van der Waals surface area contributed by atoms with Crippen LogP contribution in [0.4, 0.5) is 4.79 Å². The number of carbonyl (C=O) groups excluding carboxylic acids is 2. The highest BCUT2D eigenvalue weighted by Crippen LogP contribution is 2.49. The number of phosphoric acid groups is 1. The lowest BCUT2D eigenvalue weighted by Gasteiger charge is -2.27. The maximum Gasteiger partial charge on any atom is 0.469 e. The van der Waals surface area contributed by atoms with Crippen LogP contribution in [0.15, 0.2) is 12.3 Å². The SMILES string of the molecule is CC(CCN1Cc2cc(C#CC#CC3(COP(=O)(O)O)CC3)cn2C1=O)(C(=O)NO)S(C)(=O)=O. The maximum atomic E-state index is 12.7. The minimum atomic E-state index is -4.55. The second-order valence-electron chi connectivity index (χ2n) is 8.53. The third-order valence-corrected chi connectivity index (χ3v) is 8.44. The number of phosphoric ester groups is 1. The predicted molar refractivity (Wildman–Crippen MR) is 118 cm³/mol. The Kier molecular flexibility index (Phi) is 7.02. The van der Waals surface area contributed by atoms with Gasteiger partial charge in [-0.3, -0.25) is 19.1 Å². The number of amides is 2. The molecule has 12 nitrogen and oxygen atoms in total. The number of fused-ring (bicyclic) bond motifs is 1. The molecule has 1 saturated carbocycles. The normalized spacial score (nSPS) is 18.1. The second-order valence-corrected chi connectivity index (χ2v) is 12.2. The molecular weight excluding hydrogens is 489 g/mol. The van der Waals surface area contributed by atoms with Gasteiger partial charge in [0.1, 0.15) is 0 Å². The summed E-state index contributed by atoms with van der Waals surface area (Å²) < 4.78 is 39.0. The molecule has 0 aromatic carbocycles. The van der Waals surface area contributed by atoms with Crippen LogP contribution >= 0.6 is 7.82 Å². The Morgan fingerprint density at radius 3 is 2.56 bits per heavy atom. The van der Waals surface area contributed by atoms with Crippen molar-refractivity contribution in [1.82, 2.24) is 14.9 Å². The van der Waals surface area contributed by atoms with E-state index in [1.54, 1.807) is 6.07 Å². The molecule has 184 valence electrons. The minimum absolute atomic E-state index is 0.0250. The van der Waals surface area contributed by atoms with E-state index in [9.17, 15) is 22.6 Å². The van der Waals surface area contributed by atoms with Crippen molar-refractivity contribution in [2.75, 3.05) is 19.4 Å². The maximum absolute atomic E-state index is 12.7. The first kappa shape index (κ1) is 26.0. The molecule has 1 aliphatic heterocycles. The zero-order valence-corrected chi connectivity index (χ0v) is 20.1. The van der Waals surface area contributed by atoms with Gasteiger partial charge in [0.25, 0.3) is 5.91 Å². The number of rotatable bonds is 8. The quantitative estimate of drug-likeness (QED) is 0.164. The molecule has 1 aromatic rings. The summed E-state index contributed by atoms with van der Waals surface area (Å²) in [6.07, 6.45) is 3.52. The van der Waals surface area contributed by atoms with Gasteiger partial charge in [-0.05, 0) is 44.1 Å². The van der Waals surface area contributed by atoms with Crippen LogP contribution in [0.25, 0.3) is 0 Å². The fourth-order valence-electron chi connectivity index (χ4n) is 3.33. The molecule has 0 radical (unpaired) electrons. The van der Waals surface area contributed by atoms with Crippen molar-refractivity contribution in [1.29, 1.82) is 0 Å². The van der Waals surface area contributed by atoms with Crippen molar-refractivity contribution >= 4 is 29.6 Å². The summed E-state index contributed by atoms with van der Waals surface area (Å²) in [5.41, 5.74) is 1.94. The zero-order valence-electron chi connectivity index (χ0n) is 18.4. The van der Waals surface area contributed by atoms with E-state index in [0.717, 1.165) is 6.26 Å². The van der Waals surface area contributed by atoms with Crippen LogP contribution in [0.1, 0.15) is 37.4 Å². The van der Waals surface area contributed by atoms with Crippen LogP contribution in [-0.4, -0.2) is 69.0 Å². The van der Waals surface area contributed by atoms with Crippen molar-refractivity contribution in [3.63, 3.8) is 0 Å². The smallest absolute Gasteiger partial charge is 0.318 e. The highest BCUT2D eigenvalue weighted by molar-refractivity contribution is 7.92. The Hall–Kier alpha value is -2.64. The number of sulfone groups is 1. The van der Waals surface area contributed by atoms with E-state index in [1.165, 1.54) is 28.1 Å². The van der Waals surface area contributed by atoms with Gasteiger partial charge in [0.05, 0.1) is 18.6 Å². The summed E-state index contributed by atoms with van der Waals surface area (Å²) in [6, 6.07) is 1.29. The van der Waals surface area contributed by atoms with Gasteiger partial charge in [-0.25, -0.2) is 23.3 Å². The fraction of sp³-hybridized carbons (Fsp3) is 0.500. The minimum Gasteiger partial charge on any atom is -0.318 e. The van der Waals surface area contributed by atoms with Gasteiger partial charge in [0.15, 0.2) is 14.6 Å². The number of hydrogen-bond donors (Lipinski definition) is 4. The van der Waals surface area contributed by atoms with E-state index in [-0.39, 0.29) is 26.1 Å². The molecule has 2 aliphatic rings. The standard InChI is InChI=1S/C20H24N3O9PS/c1-19(17(24)21-26,34(2,30)31)9-10-22-13-16-11-15(12-23(16)18(22)25)5-3-4-6-20(7-8-20)14-32-33(27,28)29/h11-12,26H,7-10,13-14H2,1-2H3,(H,21,24)(H2,27,28,29). The molecule has 2 heterocycles. The van der Waals surface area contributed by atoms with Crippen molar-refractivity contribution in [2.24, 2.45) is 5.41 Å². The van der Waals surface area contributed by atoms with Crippen LogP contribution in [-0.2, 0) is 30.3 Å². The average Bonchev–Trinajstić information content (AvgIpc) is 3.31. The lowest BCUT2D eigenvalue weighted by molar-refractivity contribution is -0.131. The Balaban J connectivity index is 1.62. The Morgan fingerprint density at radius 1 is 1.35 bits per heavy atom. The first-order valence-electron chi connectivity index (χ1n) is 10.1. The molecule has 0 spiro atoms. The predicted octanol–water partition coefficient (Wildman–Crippen LogP) is 0.215. The fourth-order valence-corrected chi connectivity index (χ4v) is 4.59. The Morgan fingerprint density at radius 2 is 2.03 bits per heavy atom. The van der Waals surface area contributed by atoms with Gasteiger partial charge in [-0.15, -0.1) is 0 Å². The number of hydroxylamine groups is 1. The van der Waals surface area contributed by atoms with Crippen LogP contribution in [0.3, 0.4) is 0 Å². The molecule has 4 N–H and O–H groups in total. The van der Waals surface area contributed by atoms with Crippen LogP contribution in [0, 0.1) is 29.1 Å². The first-order valence-corrected chi connectivity index (χ1v) is 13.5. The van der Waals surface area contributed by atoms with Crippen molar-refractivity contribution < 1.29 is 42.1 Å². The monoisotopic (exact) mass is 513 g/mol. The molecule has 1 atom stereocenters. The van der Waals surface area contributed by atoms with Crippen molar-refractivity contribution in [3.05, 3.63) is 23.5 Å².